The fraction of sp³-hybridized carbons (Fsp3) is 0.333. The van der Waals surface area contributed by atoms with E-state index in [1.807, 2.05) is 114 Å². The number of hydrogen-bond donors (Lipinski definition) is 0. The van der Waals surface area contributed by atoms with Gasteiger partial charge in [0.1, 0.15) is 0 Å². The van der Waals surface area contributed by atoms with E-state index in [9.17, 15) is 0 Å². The van der Waals surface area contributed by atoms with Gasteiger partial charge in [-0.1, -0.05) is 38.5 Å². The van der Waals surface area contributed by atoms with Gasteiger partial charge in [0.15, 0.2) is 0 Å². The van der Waals surface area contributed by atoms with Crippen molar-refractivity contribution in [2.45, 2.75) is 113 Å². The summed E-state index contributed by atoms with van der Waals surface area (Å²) in [4.78, 5) is 28.6. The van der Waals surface area contributed by atoms with Crippen LogP contribution in [0.2, 0.25) is 0 Å². The topological polar surface area (TPSA) is 74.2 Å². The number of rotatable bonds is 12. The van der Waals surface area contributed by atoms with E-state index in [-0.39, 0.29) is 51.2 Å². The van der Waals surface area contributed by atoms with Crippen LogP contribution < -0.4 is 0 Å². The van der Waals surface area contributed by atoms with E-state index in [0.29, 0.717) is 36.3 Å². The molecule has 9 fully saturated rings. The normalized spacial score (nSPS) is 32.2. The van der Waals surface area contributed by atoms with Crippen LogP contribution in [-0.2, 0) is 51.2 Å². The Hall–Kier alpha value is -0.422. The average Bonchev–Trinajstić information content (AvgIpc) is 4.15. The van der Waals surface area contributed by atoms with Gasteiger partial charge in [-0.05, 0) is 193 Å². The molecule has 6 nitrogen and oxygen atoms in total. The predicted octanol–water partition coefficient (Wildman–Crippen LogP) is 9.74. The summed E-state index contributed by atoms with van der Waals surface area (Å²) in [6.07, 6.45) is 76.2. The molecule has 30 radical (unpaired) electrons. The molecule has 0 aromatic heterocycles. The zero-order valence-corrected chi connectivity index (χ0v) is 39.3. The Morgan fingerprint density at radius 2 is 0.365 bits per heavy atom. The number of nitrogens with zero attached hydrogens (tertiary/aromatic N) is 6. The third-order valence-electron chi connectivity index (χ3n) is 11.7. The Bertz CT molecular complexity index is 1080. The van der Waals surface area contributed by atoms with E-state index in [1.54, 1.807) is 0 Å². The fourth-order valence-electron chi connectivity index (χ4n) is 8.26. The van der Waals surface area contributed by atoms with Crippen molar-refractivity contribution in [3.8, 4) is 0 Å². The van der Waals surface area contributed by atoms with Gasteiger partial charge < -0.3 is 0 Å². The summed E-state index contributed by atoms with van der Waals surface area (Å²) in [5.41, 5.74) is 0. The Balaban J connectivity index is 0.000000203. The van der Waals surface area contributed by atoms with Gasteiger partial charge in [-0.25, -0.2) is 0 Å². The number of aliphatic imine (C=N–C) groups is 6. The van der Waals surface area contributed by atoms with E-state index in [0.717, 1.165) is 38.5 Å². The van der Waals surface area contributed by atoms with Crippen LogP contribution in [0, 0.1) is 190 Å². The second-order valence-electron chi connectivity index (χ2n) is 16.2. The molecule has 0 heterocycles. The summed E-state index contributed by atoms with van der Waals surface area (Å²) in [6, 6.07) is 2.03. The van der Waals surface area contributed by atoms with Gasteiger partial charge in [-0.15, -0.1) is 0 Å². The Morgan fingerprint density at radius 3 is 0.492 bits per heavy atom. The third kappa shape index (κ3) is 20.0. The molecule has 0 saturated heterocycles. The van der Waals surface area contributed by atoms with Crippen LogP contribution in [-0.4, -0.2) is 73.5 Å². The van der Waals surface area contributed by atoms with Gasteiger partial charge >= 0.3 is 51.2 Å². The summed E-state index contributed by atoms with van der Waals surface area (Å²) >= 11 is 0. The smallest absolute Gasteiger partial charge is 0.291 e. The van der Waals surface area contributed by atoms with Gasteiger partial charge in [0.2, 0.25) is 0 Å². The zero-order valence-electron chi connectivity index (χ0n) is 36.0. The molecule has 0 unspecified atom stereocenters. The second-order valence-corrected chi connectivity index (χ2v) is 16.2. The Kier molecular flexibility index (Phi) is 28.3. The van der Waals surface area contributed by atoms with E-state index in [1.165, 1.54) is 74.0 Å². The largest absolute Gasteiger partial charge is 2.00 e. The summed E-state index contributed by atoms with van der Waals surface area (Å²) in [5, 5.41) is 0. The molecule has 0 N–H and O–H groups in total. The molecule has 6 atom stereocenters. The molecule has 324 valence electrons. The van der Waals surface area contributed by atoms with E-state index in [4.69, 9.17) is 30.0 Å². The molecule has 9 heteroatoms. The molecule has 0 aromatic carbocycles. The molecule has 9 aliphatic rings. The first-order chi connectivity index (χ1) is 29.7. The monoisotopic (exact) mass is 960 g/mol. The van der Waals surface area contributed by atoms with Gasteiger partial charge in [-0.2, -0.15) is 0 Å². The standard InChI is InChI=1S/3C18H20N2.3Fe/c3*1-2-8-15(7-1)13-19-17-11-5-6-12-18(17)20-14-16-9-3-4-10-16;;;/h3*1-4,7-10,13-14,17-18H,5-6,11-12H2;;;/q;;;3*+2/t3*17-,18-;;;/m111.../s1. The molecular formula is C54H60Fe3N6+6. The maximum absolute atomic E-state index is 4.77. The zero-order chi connectivity index (χ0) is 40.9. The van der Waals surface area contributed by atoms with Crippen LogP contribution in [0.1, 0.15) is 77.0 Å². The maximum atomic E-state index is 4.77. The van der Waals surface area contributed by atoms with E-state index < -0.39 is 0 Å². The molecule has 9 aliphatic carbocycles. The van der Waals surface area contributed by atoms with Crippen LogP contribution in [0.25, 0.3) is 0 Å². The first-order valence-electron chi connectivity index (χ1n) is 22.2. The van der Waals surface area contributed by atoms with Crippen LogP contribution in [0.3, 0.4) is 0 Å². The molecule has 0 aliphatic heterocycles. The van der Waals surface area contributed by atoms with Crippen LogP contribution in [0.5, 0.6) is 0 Å². The minimum atomic E-state index is 0. The van der Waals surface area contributed by atoms with Crippen LogP contribution >= 0.6 is 0 Å². The quantitative estimate of drug-likeness (QED) is 0.138. The van der Waals surface area contributed by atoms with Crippen LogP contribution in [0.4, 0.5) is 0 Å². The number of hydrogen-bond acceptors (Lipinski definition) is 6. The van der Waals surface area contributed by atoms with Crippen molar-refractivity contribution < 1.29 is 51.2 Å². The van der Waals surface area contributed by atoms with Gasteiger partial charge in [0.05, 0.1) is 36.3 Å². The molecule has 63 heavy (non-hydrogen) atoms. The van der Waals surface area contributed by atoms with Crippen molar-refractivity contribution in [1.82, 2.24) is 0 Å². The summed E-state index contributed by atoms with van der Waals surface area (Å²) in [6.45, 7) is 0. The average molecular weight is 961 g/mol. The van der Waals surface area contributed by atoms with Crippen LogP contribution in [0.15, 0.2) is 30.0 Å². The first-order valence-corrected chi connectivity index (χ1v) is 22.2. The van der Waals surface area contributed by atoms with Crippen molar-refractivity contribution in [1.29, 1.82) is 0 Å². The molecular weight excluding hydrogens is 900 g/mol. The molecule has 0 aromatic rings. The minimum absolute atomic E-state index is 0. The first kappa shape index (κ1) is 55.2. The Morgan fingerprint density at radius 1 is 0.238 bits per heavy atom. The molecule has 9 saturated carbocycles. The fourth-order valence-corrected chi connectivity index (χ4v) is 8.26. The second kappa shape index (κ2) is 32.4. The predicted molar refractivity (Wildman–Crippen MR) is 252 cm³/mol. The maximum Gasteiger partial charge on any atom is 2.00 e. The van der Waals surface area contributed by atoms with Crippen molar-refractivity contribution in [2.75, 3.05) is 0 Å². The van der Waals surface area contributed by atoms with Gasteiger partial charge in [0.25, 0.3) is 0 Å². The van der Waals surface area contributed by atoms with Crippen molar-refractivity contribution in [2.24, 2.45) is 30.0 Å². The van der Waals surface area contributed by atoms with Crippen molar-refractivity contribution >= 4 is 37.3 Å². The van der Waals surface area contributed by atoms with Gasteiger partial charge in [0, 0.05) is 72.8 Å². The molecule has 0 bridgehead atoms. The van der Waals surface area contributed by atoms with E-state index in [2.05, 4.69) is 77.0 Å². The van der Waals surface area contributed by atoms with E-state index >= 15 is 0 Å². The SMILES string of the molecule is [CH]1[CH][CH][C](C=N[C@@H]2CCCC[C@H]2N=C[C]2[CH][CH][CH][CH]2)[CH]1.[CH]1[CH][CH][C](C=N[C@@H]2CCCC[C@H]2N=C[C]2[CH][CH][CH][CH]2)[CH]1.[CH]1[CH][CH][C](C=N[C@@H]2CCCC[C@H]2N=C[C]2[CH][CH][CH][CH]2)[CH]1.[Fe+2].[Fe+2].[Fe+2]. The van der Waals surface area contributed by atoms with Gasteiger partial charge in [-0.3, -0.25) is 30.0 Å². The molecule has 0 spiro atoms. The summed E-state index contributed by atoms with van der Waals surface area (Å²) in [7, 11) is 0. The Labute approximate surface area is 418 Å². The van der Waals surface area contributed by atoms with Crippen molar-refractivity contribution in [3.05, 3.63) is 190 Å². The minimum Gasteiger partial charge on any atom is -0.291 e. The summed E-state index contributed by atoms with van der Waals surface area (Å²) < 4.78 is 0. The third-order valence-corrected chi connectivity index (χ3v) is 11.7. The van der Waals surface area contributed by atoms with Crippen molar-refractivity contribution in [3.63, 3.8) is 0 Å². The summed E-state index contributed by atoms with van der Waals surface area (Å²) in [5.74, 6) is 7.14. The molecule has 9 rings (SSSR count). The molecule has 0 amide bonds.